The molecule has 0 radical (unpaired) electrons. The molecule has 0 aromatic heterocycles. The quantitative estimate of drug-likeness (QED) is 0.441. The summed E-state index contributed by atoms with van der Waals surface area (Å²) in [5.41, 5.74) is 1.32. The van der Waals surface area contributed by atoms with Gasteiger partial charge in [-0.2, -0.15) is 30.3 Å². The maximum Gasteiger partial charge on any atom is 0.000731 e. The van der Waals surface area contributed by atoms with Gasteiger partial charge in [-0.25, -0.2) is 0 Å². The van der Waals surface area contributed by atoms with Crippen molar-refractivity contribution in [2.45, 2.75) is 25.8 Å². The van der Waals surface area contributed by atoms with Crippen LogP contribution in [0.1, 0.15) is 24.8 Å². The first kappa shape index (κ1) is 13.6. The van der Waals surface area contributed by atoms with Crippen LogP contribution in [0.4, 0.5) is 0 Å². The van der Waals surface area contributed by atoms with Crippen LogP contribution in [0, 0.1) is 6.07 Å². The van der Waals surface area contributed by atoms with Gasteiger partial charge in [0.1, 0.15) is 0 Å². The molecule has 0 amide bonds. The molecule has 0 saturated carbocycles. The van der Waals surface area contributed by atoms with Gasteiger partial charge < -0.3 is 4.90 Å². The summed E-state index contributed by atoms with van der Waals surface area (Å²) in [4.78, 5) is 2.52. The second-order valence-corrected chi connectivity index (χ2v) is 3.72. The normalized spacial score (nSPS) is 16.7. The number of hydrogen-bond acceptors (Lipinski definition) is 1. The molecule has 1 aromatic rings. The zero-order valence-electron chi connectivity index (χ0n) is 9.08. The number of benzene rings is 1. The Bertz CT molecular complexity index is 247. The van der Waals surface area contributed by atoms with Crippen LogP contribution in [0.2, 0.25) is 0 Å². The Balaban J connectivity index is 0.000000531. The fourth-order valence-corrected chi connectivity index (χ4v) is 1.89. The van der Waals surface area contributed by atoms with Crippen molar-refractivity contribution < 1.29 is 14.8 Å². The first-order valence-corrected chi connectivity index (χ1v) is 14.4. The predicted octanol–water partition coefficient (Wildman–Crippen LogP) is 3.36. The van der Waals surface area contributed by atoms with Crippen LogP contribution in [0.15, 0.2) is 24.3 Å². The van der Waals surface area contributed by atoms with Crippen LogP contribution >= 0.6 is 19.8 Å². The molecule has 78 valence electrons. The molecule has 0 bridgehead atoms. The number of halogens is 1. The first-order valence-electron chi connectivity index (χ1n) is 5.40. The van der Waals surface area contributed by atoms with Crippen molar-refractivity contribution in [2.75, 3.05) is 13.1 Å². The monoisotopic (exact) mass is 365 g/mol. The SMILES string of the molecule is [Zn+][I].[c-]1ccccc1CN1CCCCC1. The molecule has 1 fully saturated rings. The molecular weight excluding hydrogens is 350 g/mol. The fourth-order valence-electron chi connectivity index (χ4n) is 1.89. The minimum Gasteiger partial charge on any atom is -0.301 e. The minimum absolute atomic E-state index is 1.08. The van der Waals surface area contributed by atoms with Gasteiger partial charge in [0.15, 0.2) is 0 Å². The maximum atomic E-state index is 3.27. The Morgan fingerprint density at radius 3 is 2.53 bits per heavy atom. The van der Waals surface area contributed by atoms with E-state index in [1.54, 1.807) is 0 Å². The molecule has 0 spiro atoms. The summed E-state index contributed by atoms with van der Waals surface area (Å²) in [7, 11) is 0. The first-order chi connectivity index (χ1) is 7.45. The number of rotatable bonds is 2. The summed E-state index contributed by atoms with van der Waals surface area (Å²) in [5.74, 6) is 0. The molecule has 1 heterocycles. The average Bonchev–Trinajstić information content (AvgIpc) is 2.34. The summed E-state index contributed by atoms with van der Waals surface area (Å²) in [6.45, 7) is 3.62. The Morgan fingerprint density at radius 1 is 1.20 bits per heavy atom. The topological polar surface area (TPSA) is 3.24 Å². The fraction of sp³-hybridized carbons (Fsp3) is 0.500. The van der Waals surface area contributed by atoms with E-state index in [-0.39, 0.29) is 0 Å². The van der Waals surface area contributed by atoms with E-state index >= 15 is 0 Å². The van der Waals surface area contributed by atoms with Crippen LogP contribution in [0.3, 0.4) is 0 Å². The molecule has 1 aliphatic heterocycles. The van der Waals surface area contributed by atoms with E-state index in [1.165, 1.54) is 52.7 Å². The van der Waals surface area contributed by atoms with E-state index in [9.17, 15) is 0 Å². The van der Waals surface area contributed by atoms with Gasteiger partial charge in [0.05, 0.1) is 0 Å². The van der Waals surface area contributed by atoms with Gasteiger partial charge in [0, 0.05) is 6.54 Å². The number of likely N-dealkylation sites (tertiary alicyclic amines) is 1. The number of nitrogens with zero attached hydrogens (tertiary/aromatic N) is 1. The van der Waals surface area contributed by atoms with Gasteiger partial charge in [0.2, 0.25) is 0 Å². The molecule has 1 aromatic carbocycles. The summed E-state index contributed by atoms with van der Waals surface area (Å²) >= 11 is 3.62. The average molecular weight is 367 g/mol. The molecule has 15 heavy (non-hydrogen) atoms. The van der Waals surface area contributed by atoms with E-state index in [1.807, 2.05) is 12.1 Å². The predicted molar refractivity (Wildman–Crippen MR) is 68.4 cm³/mol. The Hall–Kier alpha value is 0.533. The molecule has 0 unspecified atom stereocenters. The molecule has 2 rings (SSSR count). The molecular formula is C12H16INZn. The van der Waals surface area contributed by atoms with Crippen LogP contribution in [0.5, 0.6) is 0 Å². The third-order valence-corrected chi connectivity index (χ3v) is 2.62. The summed E-state index contributed by atoms with van der Waals surface area (Å²) in [6, 6.07) is 11.6. The summed E-state index contributed by atoms with van der Waals surface area (Å²) in [5, 5.41) is 0. The van der Waals surface area contributed by atoms with Crippen molar-refractivity contribution in [3.05, 3.63) is 35.9 Å². The zero-order valence-corrected chi connectivity index (χ0v) is 14.2. The van der Waals surface area contributed by atoms with Crippen molar-refractivity contribution in [1.82, 2.24) is 4.90 Å². The molecule has 0 N–H and O–H groups in total. The van der Waals surface area contributed by atoms with E-state index in [0.29, 0.717) is 0 Å². The molecule has 0 aliphatic carbocycles. The van der Waals surface area contributed by atoms with Crippen molar-refractivity contribution in [2.24, 2.45) is 0 Å². The smallest absolute Gasteiger partial charge is 0.000731 e. The second kappa shape index (κ2) is 8.66. The second-order valence-electron chi connectivity index (χ2n) is 3.72. The minimum atomic E-state index is 1.08. The summed E-state index contributed by atoms with van der Waals surface area (Å²) in [6.07, 6.45) is 4.15. The van der Waals surface area contributed by atoms with Crippen molar-refractivity contribution in [1.29, 1.82) is 0 Å². The van der Waals surface area contributed by atoms with E-state index in [2.05, 4.69) is 42.8 Å². The van der Waals surface area contributed by atoms with Gasteiger partial charge in [-0.15, -0.1) is 5.56 Å². The van der Waals surface area contributed by atoms with Gasteiger partial charge in [-0.3, -0.25) is 0 Å². The Kier molecular flexibility index (Phi) is 7.85. The molecule has 3 heteroatoms. The molecule has 1 saturated heterocycles. The molecule has 0 atom stereocenters. The van der Waals surface area contributed by atoms with Crippen LogP contribution < -0.4 is 0 Å². The standard InChI is InChI=1S/C12H16N.HI.Zn/c1-3-7-12(8-4-1)11-13-9-5-2-6-10-13;;/h1,3-4,7H,2,5-6,9-11H2;1H;/q-1;;+2/p-1. The summed E-state index contributed by atoms with van der Waals surface area (Å²) < 4.78 is 0. The molecule has 1 nitrogen and oxygen atoms in total. The third kappa shape index (κ3) is 5.41. The Labute approximate surface area is 113 Å². The van der Waals surface area contributed by atoms with Crippen molar-refractivity contribution in [3.63, 3.8) is 0 Å². The van der Waals surface area contributed by atoms with Gasteiger partial charge in [-0.1, -0.05) is 6.42 Å². The van der Waals surface area contributed by atoms with Gasteiger partial charge >= 0.3 is 34.5 Å². The van der Waals surface area contributed by atoms with Crippen LogP contribution in [-0.4, -0.2) is 18.0 Å². The van der Waals surface area contributed by atoms with E-state index < -0.39 is 0 Å². The van der Waals surface area contributed by atoms with Crippen molar-refractivity contribution >= 4 is 19.8 Å². The Morgan fingerprint density at radius 2 is 1.93 bits per heavy atom. The zero-order chi connectivity index (χ0) is 10.9. The van der Waals surface area contributed by atoms with E-state index in [0.717, 1.165) is 6.54 Å². The number of piperidine rings is 1. The maximum absolute atomic E-state index is 3.27. The van der Waals surface area contributed by atoms with Crippen molar-refractivity contribution in [3.8, 4) is 0 Å². The van der Waals surface area contributed by atoms with Crippen LogP contribution in [0.25, 0.3) is 0 Å². The van der Waals surface area contributed by atoms with Crippen LogP contribution in [-0.2, 0) is 21.3 Å². The number of hydrogen-bond donors (Lipinski definition) is 0. The van der Waals surface area contributed by atoms with Gasteiger partial charge in [0.25, 0.3) is 0 Å². The largest absolute Gasteiger partial charge is 0.301 e. The molecule has 1 aliphatic rings. The third-order valence-electron chi connectivity index (χ3n) is 2.62. The van der Waals surface area contributed by atoms with E-state index in [4.69, 9.17) is 0 Å². The van der Waals surface area contributed by atoms with Gasteiger partial charge in [-0.05, 0) is 25.9 Å².